The lowest BCUT2D eigenvalue weighted by Gasteiger charge is -2.32. The van der Waals surface area contributed by atoms with Crippen molar-refractivity contribution in [3.8, 4) is 0 Å². The lowest BCUT2D eigenvalue weighted by Crippen LogP contribution is -2.46. The fourth-order valence-corrected chi connectivity index (χ4v) is 3.42. The molecule has 1 aromatic carbocycles. The van der Waals surface area contributed by atoms with Crippen LogP contribution < -0.4 is 11.1 Å². The number of rotatable bonds is 6. The smallest absolute Gasteiger partial charge is 0.317 e. The zero-order chi connectivity index (χ0) is 20.1. The molecule has 1 aliphatic heterocycles. The fourth-order valence-electron chi connectivity index (χ4n) is 3.42. The van der Waals surface area contributed by atoms with E-state index in [0.29, 0.717) is 25.4 Å². The van der Waals surface area contributed by atoms with E-state index in [1.54, 1.807) is 12.1 Å². The molecule has 3 rings (SSSR count). The molecular formula is C20H29FN6O. The average molecular weight is 388 g/mol. The van der Waals surface area contributed by atoms with Crippen LogP contribution in [0, 0.1) is 11.7 Å². The maximum Gasteiger partial charge on any atom is 0.317 e. The maximum absolute atomic E-state index is 12.9. The highest BCUT2D eigenvalue weighted by Gasteiger charge is 2.25. The predicted octanol–water partition coefficient (Wildman–Crippen LogP) is 2.28. The van der Waals surface area contributed by atoms with E-state index >= 15 is 0 Å². The van der Waals surface area contributed by atoms with Gasteiger partial charge in [0, 0.05) is 26.2 Å². The van der Waals surface area contributed by atoms with Crippen molar-refractivity contribution in [2.45, 2.75) is 45.2 Å². The summed E-state index contributed by atoms with van der Waals surface area (Å²) in [6.45, 7) is 6.52. The van der Waals surface area contributed by atoms with Gasteiger partial charge in [-0.25, -0.2) is 9.18 Å². The number of nitrogens with one attached hydrogen (secondary N) is 1. The maximum atomic E-state index is 12.9. The quantitative estimate of drug-likeness (QED) is 0.794. The number of piperidine rings is 1. The average Bonchev–Trinajstić information content (AvgIpc) is 3.12. The summed E-state index contributed by atoms with van der Waals surface area (Å²) in [6.07, 6.45) is 4.60. The van der Waals surface area contributed by atoms with E-state index in [4.69, 9.17) is 5.73 Å². The molecule has 0 unspecified atom stereocenters. The third-order valence-corrected chi connectivity index (χ3v) is 5.05. The van der Waals surface area contributed by atoms with Crippen LogP contribution in [0.25, 0.3) is 0 Å². The largest absolute Gasteiger partial charge is 0.338 e. The van der Waals surface area contributed by atoms with Crippen LogP contribution in [0.1, 0.15) is 37.9 Å². The Balaban J connectivity index is 1.46. The number of carbonyl (C=O) groups excluding carboxylic acids is 1. The molecule has 1 atom stereocenters. The van der Waals surface area contributed by atoms with Crippen LogP contribution in [-0.4, -0.2) is 45.6 Å². The molecule has 2 aromatic rings. The zero-order valence-corrected chi connectivity index (χ0v) is 16.6. The fraction of sp³-hybridized carbons (Fsp3) is 0.550. The van der Waals surface area contributed by atoms with Crippen molar-refractivity contribution in [3.63, 3.8) is 0 Å². The molecule has 2 amide bonds. The number of hydrogen-bond acceptors (Lipinski definition) is 4. The highest BCUT2D eigenvalue weighted by atomic mass is 19.1. The number of halogens is 1. The molecule has 1 saturated heterocycles. The van der Waals surface area contributed by atoms with E-state index in [9.17, 15) is 9.18 Å². The van der Waals surface area contributed by atoms with Crippen molar-refractivity contribution < 1.29 is 9.18 Å². The molecule has 0 bridgehead atoms. The van der Waals surface area contributed by atoms with Gasteiger partial charge >= 0.3 is 6.03 Å². The molecule has 0 saturated carbocycles. The molecule has 8 heteroatoms. The van der Waals surface area contributed by atoms with Crippen molar-refractivity contribution in [1.29, 1.82) is 0 Å². The Morgan fingerprint density at radius 3 is 2.79 bits per heavy atom. The van der Waals surface area contributed by atoms with Crippen LogP contribution >= 0.6 is 0 Å². The standard InChI is InChI=1S/C20H29FN6O/c1-20(2,22)18-14-27(25-24-18)13-16-4-3-11-26(12-16)19(28)23-10-9-15-5-7-17(21)8-6-15/h5-8,14,16H,3-4,9-13,22H2,1-2H3,(H,23,28)/t16-/m1/s1. The monoisotopic (exact) mass is 388 g/mol. The van der Waals surface area contributed by atoms with E-state index in [1.807, 2.05) is 29.6 Å². The number of nitrogens with zero attached hydrogens (tertiary/aromatic N) is 4. The number of amides is 2. The first-order valence-corrected chi connectivity index (χ1v) is 9.78. The van der Waals surface area contributed by atoms with E-state index in [2.05, 4.69) is 15.6 Å². The summed E-state index contributed by atoms with van der Waals surface area (Å²) in [6, 6.07) is 6.32. The predicted molar refractivity (Wildman–Crippen MR) is 105 cm³/mol. The molecular weight excluding hydrogens is 359 g/mol. The first kappa shape index (κ1) is 20.3. The van der Waals surface area contributed by atoms with Crippen LogP contribution in [0.2, 0.25) is 0 Å². The minimum Gasteiger partial charge on any atom is -0.338 e. The Bertz CT molecular complexity index is 783. The highest BCUT2D eigenvalue weighted by molar-refractivity contribution is 5.74. The third kappa shape index (κ3) is 5.51. The number of likely N-dealkylation sites (tertiary alicyclic amines) is 1. The van der Waals surface area contributed by atoms with Crippen LogP contribution in [-0.2, 0) is 18.5 Å². The molecule has 0 spiro atoms. The van der Waals surface area contributed by atoms with Gasteiger partial charge in [-0.3, -0.25) is 4.68 Å². The van der Waals surface area contributed by atoms with Gasteiger partial charge in [-0.05, 0) is 56.7 Å². The normalized spacial score (nSPS) is 17.6. The molecule has 28 heavy (non-hydrogen) atoms. The second-order valence-corrected chi connectivity index (χ2v) is 8.11. The minimum atomic E-state index is -0.513. The van der Waals surface area contributed by atoms with Crippen molar-refractivity contribution in [3.05, 3.63) is 47.5 Å². The van der Waals surface area contributed by atoms with E-state index in [-0.39, 0.29) is 11.8 Å². The summed E-state index contributed by atoms with van der Waals surface area (Å²) < 4.78 is 14.8. The number of hydrogen-bond donors (Lipinski definition) is 2. The zero-order valence-electron chi connectivity index (χ0n) is 16.6. The Morgan fingerprint density at radius 2 is 2.11 bits per heavy atom. The summed E-state index contributed by atoms with van der Waals surface area (Å²) in [5.41, 5.74) is 7.32. The Morgan fingerprint density at radius 1 is 1.36 bits per heavy atom. The molecule has 1 fully saturated rings. The second kappa shape index (κ2) is 8.68. The molecule has 2 heterocycles. The molecule has 152 valence electrons. The van der Waals surface area contributed by atoms with Gasteiger partial charge in [0.05, 0.1) is 11.7 Å². The van der Waals surface area contributed by atoms with E-state index < -0.39 is 5.54 Å². The van der Waals surface area contributed by atoms with Crippen molar-refractivity contribution >= 4 is 6.03 Å². The van der Waals surface area contributed by atoms with Crippen LogP contribution in [0.15, 0.2) is 30.5 Å². The van der Waals surface area contributed by atoms with Crippen LogP contribution in [0.5, 0.6) is 0 Å². The lowest BCUT2D eigenvalue weighted by molar-refractivity contribution is 0.157. The molecule has 1 aromatic heterocycles. The number of carbonyl (C=O) groups is 1. The second-order valence-electron chi connectivity index (χ2n) is 8.11. The van der Waals surface area contributed by atoms with Gasteiger partial charge in [0.2, 0.25) is 0 Å². The SMILES string of the molecule is CC(C)(N)c1cn(C[C@@H]2CCCN(C(=O)NCCc3ccc(F)cc3)C2)nn1. The lowest BCUT2D eigenvalue weighted by atomic mass is 9.98. The summed E-state index contributed by atoms with van der Waals surface area (Å²) in [4.78, 5) is 14.3. The van der Waals surface area contributed by atoms with Crippen LogP contribution in [0.3, 0.4) is 0 Å². The van der Waals surface area contributed by atoms with Crippen molar-refractivity contribution in [1.82, 2.24) is 25.2 Å². The number of benzene rings is 1. The van der Waals surface area contributed by atoms with Gasteiger partial charge in [-0.1, -0.05) is 17.3 Å². The molecule has 7 nitrogen and oxygen atoms in total. The van der Waals surface area contributed by atoms with Gasteiger partial charge in [-0.2, -0.15) is 0 Å². The van der Waals surface area contributed by atoms with Crippen molar-refractivity contribution in [2.75, 3.05) is 19.6 Å². The molecule has 1 aliphatic rings. The number of aromatic nitrogens is 3. The first-order chi connectivity index (χ1) is 13.3. The Kier molecular flexibility index (Phi) is 6.28. The van der Waals surface area contributed by atoms with Gasteiger partial charge < -0.3 is 16.0 Å². The van der Waals surface area contributed by atoms with E-state index in [0.717, 1.165) is 37.2 Å². The topological polar surface area (TPSA) is 89.1 Å². The van der Waals surface area contributed by atoms with Gasteiger partial charge in [0.1, 0.15) is 11.5 Å². The summed E-state index contributed by atoms with van der Waals surface area (Å²) in [7, 11) is 0. The molecule has 3 N–H and O–H groups in total. The summed E-state index contributed by atoms with van der Waals surface area (Å²) in [5, 5.41) is 11.3. The molecule has 0 radical (unpaired) electrons. The Labute approximate surface area is 165 Å². The van der Waals surface area contributed by atoms with Gasteiger partial charge in [-0.15, -0.1) is 5.10 Å². The van der Waals surface area contributed by atoms with Gasteiger partial charge in [0.25, 0.3) is 0 Å². The minimum absolute atomic E-state index is 0.0471. The number of nitrogens with two attached hydrogens (primary N) is 1. The van der Waals surface area contributed by atoms with Crippen molar-refractivity contribution in [2.24, 2.45) is 11.7 Å². The molecule has 0 aliphatic carbocycles. The van der Waals surface area contributed by atoms with Gasteiger partial charge in [0.15, 0.2) is 0 Å². The summed E-state index contributed by atoms with van der Waals surface area (Å²) >= 11 is 0. The number of urea groups is 1. The summed E-state index contributed by atoms with van der Waals surface area (Å²) in [5.74, 6) is 0.0914. The van der Waals surface area contributed by atoms with Crippen LogP contribution in [0.4, 0.5) is 9.18 Å². The Hall–Kier alpha value is -2.48. The third-order valence-electron chi connectivity index (χ3n) is 5.05. The van der Waals surface area contributed by atoms with E-state index in [1.165, 1.54) is 12.1 Å². The highest BCUT2D eigenvalue weighted by Crippen LogP contribution is 2.19. The first-order valence-electron chi connectivity index (χ1n) is 9.78.